The van der Waals surface area contributed by atoms with Gasteiger partial charge in [0.1, 0.15) is 0 Å². The molecule has 32 heavy (non-hydrogen) atoms. The summed E-state index contributed by atoms with van der Waals surface area (Å²) in [6, 6.07) is 20.4. The van der Waals surface area contributed by atoms with Gasteiger partial charge in [0.25, 0.3) is 0 Å². The molecule has 7 nitrogen and oxygen atoms in total. The van der Waals surface area contributed by atoms with E-state index in [2.05, 4.69) is 46.3 Å². The van der Waals surface area contributed by atoms with E-state index < -0.39 is 0 Å². The molecule has 3 aromatic rings. The average molecular weight is 433 g/mol. The highest BCUT2D eigenvalue weighted by atomic mass is 16.5. The molecule has 0 unspecified atom stereocenters. The molecule has 1 aromatic heterocycles. The molecule has 2 aromatic carbocycles. The second-order valence-electron chi connectivity index (χ2n) is 7.85. The highest BCUT2D eigenvalue weighted by Gasteiger charge is 2.21. The summed E-state index contributed by atoms with van der Waals surface area (Å²) in [5.74, 6) is 1.91. The van der Waals surface area contributed by atoms with Crippen LogP contribution in [0.3, 0.4) is 0 Å². The Morgan fingerprint density at radius 2 is 1.50 bits per heavy atom. The van der Waals surface area contributed by atoms with Crippen molar-refractivity contribution in [1.82, 2.24) is 15.0 Å². The molecule has 0 spiro atoms. The van der Waals surface area contributed by atoms with Gasteiger partial charge in [-0.1, -0.05) is 62.6 Å². The molecule has 2 heterocycles. The second-order valence-corrected chi connectivity index (χ2v) is 7.85. The Labute approximate surface area is 190 Å². The molecular formula is C25H32N6O. The average Bonchev–Trinajstić information content (AvgIpc) is 2.86. The highest BCUT2D eigenvalue weighted by molar-refractivity contribution is 5.73. The number of rotatable bonds is 10. The first-order chi connectivity index (χ1) is 15.8. The Hall–Kier alpha value is -3.19. The molecule has 168 valence electrons. The van der Waals surface area contributed by atoms with Crippen LogP contribution in [0.15, 0.2) is 60.7 Å². The molecule has 1 N–H and O–H groups in total. The minimum absolute atomic E-state index is 0.606. The van der Waals surface area contributed by atoms with E-state index in [9.17, 15) is 0 Å². The zero-order valence-corrected chi connectivity index (χ0v) is 18.8. The maximum absolute atomic E-state index is 5.53. The lowest BCUT2D eigenvalue weighted by Crippen LogP contribution is -2.37. The molecule has 1 saturated heterocycles. The first-order valence-corrected chi connectivity index (χ1v) is 11.6. The Morgan fingerprint density at radius 3 is 2.12 bits per heavy atom. The van der Waals surface area contributed by atoms with Crippen LogP contribution < -0.4 is 15.1 Å². The summed E-state index contributed by atoms with van der Waals surface area (Å²) in [6.07, 6.45) is 4.78. The van der Waals surface area contributed by atoms with Crippen molar-refractivity contribution in [3.05, 3.63) is 60.7 Å². The Bertz CT molecular complexity index is 908. The number of para-hydroxylation sites is 2. The van der Waals surface area contributed by atoms with Crippen molar-refractivity contribution in [2.75, 3.05) is 48.0 Å². The van der Waals surface area contributed by atoms with E-state index in [-0.39, 0.29) is 0 Å². The molecule has 0 saturated carbocycles. The van der Waals surface area contributed by atoms with Crippen molar-refractivity contribution in [1.29, 1.82) is 0 Å². The molecular weight excluding hydrogens is 400 g/mol. The number of benzene rings is 2. The number of ether oxygens (including phenoxy) is 1. The van der Waals surface area contributed by atoms with Crippen LogP contribution in [0.2, 0.25) is 0 Å². The van der Waals surface area contributed by atoms with Gasteiger partial charge in [-0.2, -0.15) is 15.0 Å². The molecule has 1 aliphatic heterocycles. The minimum atomic E-state index is 0.606. The largest absolute Gasteiger partial charge is 0.378 e. The van der Waals surface area contributed by atoms with Gasteiger partial charge in [0.2, 0.25) is 17.8 Å². The zero-order chi connectivity index (χ0) is 22.0. The van der Waals surface area contributed by atoms with Gasteiger partial charge in [-0.3, -0.25) is 4.90 Å². The number of hydrogen-bond donors (Lipinski definition) is 1. The van der Waals surface area contributed by atoms with Crippen molar-refractivity contribution < 1.29 is 4.74 Å². The van der Waals surface area contributed by atoms with Crippen molar-refractivity contribution in [3.8, 4) is 0 Å². The topological polar surface area (TPSA) is 66.4 Å². The van der Waals surface area contributed by atoms with Crippen LogP contribution in [0.25, 0.3) is 0 Å². The van der Waals surface area contributed by atoms with Crippen molar-refractivity contribution in [2.45, 2.75) is 32.6 Å². The van der Waals surface area contributed by atoms with Crippen molar-refractivity contribution >= 4 is 29.2 Å². The fourth-order valence-corrected chi connectivity index (χ4v) is 3.72. The van der Waals surface area contributed by atoms with E-state index in [1.807, 2.05) is 36.4 Å². The van der Waals surface area contributed by atoms with Gasteiger partial charge in [0.05, 0.1) is 13.2 Å². The maximum Gasteiger partial charge on any atom is 0.241 e. The number of anilines is 5. The van der Waals surface area contributed by atoms with Crippen LogP contribution in [-0.4, -0.2) is 47.8 Å². The molecule has 0 aliphatic carbocycles. The quantitative estimate of drug-likeness (QED) is 0.443. The van der Waals surface area contributed by atoms with E-state index >= 15 is 0 Å². The summed E-state index contributed by atoms with van der Waals surface area (Å²) in [5.41, 5.74) is 2.01. The van der Waals surface area contributed by atoms with Crippen LogP contribution in [0.1, 0.15) is 32.6 Å². The number of morpholine rings is 1. The lowest BCUT2D eigenvalue weighted by Gasteiger charge is -2.29. The summed E-state index contributed by atoms with van der Waals surface area (Å²) < 4.78 is 5.53. The van der Waals surface area contributed by atoms with Gasteiger partial charge < -0.3 is 15.0 Å². The van der Waals surface area contributed by atoms with Gasteiger partial charge in [0, 0.05) is 31.0 Å². The standard InChI is InChI=1S/C25H32N6O/c1-2-3-4-11-16-26-23-27-24(30-17-19-32-20-18-30)29-25(28-23)31(21-12-7-5-8-13-21)22-14-9-6-10-15-22/h5-10,12-15H,2-4,11,16-20H2,1H3,(H,26,27,28,29). The SMILES string of the molecule is CCCCCCNc1nc(N2CCOCC2)nc(N(c2ccccc2)c2ccccc2)n1. The molecule has 4 rings (SSSR count). The van der Waals surface area contributed by atoms with Crippen LogP contribution in [0, 0.1) is 0 Å². The van der Waals surface area contributed by atoms with E-state index in [1.54, 1.807) is 0 Å². The third-order valence-electron chi connectivity index (χ3n) is 5.45. The minimum Gasteiger partial charge on any atom is -0.378 e. The number of hydrogen-bond acceptors (Lipinski definition) is 7. The smallest absolute Gasteiger partial charge is 0.241 e. The molecule has 0 bridgehead atoms. The van der Waals surface area contributed by atoms with Crippen LogP contribution in [0.4, 0.5) is 29.2 Å². The first-order valence-electron chi connectivity index (χ1n) is 11.6. The predicted molar refractivity (Wildman–Crippen MR) is 130 cm³/mol. The zero-order valence-electron chi connectivity index (χ0n) is 18.8. The molecule has 7 heteroatoms. The Morgan fingerprint density at radius 1 is 0.844 bits per heavy atom. The first kappa shape index (κ1) is 22.0. The maximum atomic E-state index is 5.53. The van der Waals surface area contributed by atoms with Crippen LogP contribution in [0.5, 0.6) is 0 Å². The third kappa shape index (κ3) is 5.73. The fraction of sp³-hybridized carbons (Fsp3) is 0.400. The van der Waals surface area contributed by atoms with Gasteiger partial charge in [0.15, 0.2) is 0 Å². The lowest BCUT2D eigenvalue weighted by atomic mass is 10.2. The number of unbranched alkanes of at least 4 members (excludes halogenated alkanes) is 3. The molecule has 0 atom stereocenters. The van der Waals surface area contributed by atoms with Crippen LogP contribution in [-0.2, 0) is 4.74 Å². The van der Waals surface area contributed by atoms with Gasteiger partial charge >= 0.3 is 0 Å². The molecule has 0 radical (unpaired) electrons. The summed E-state index contributed by atoms with van der Waals surface area (Å²) in [4.78, 5) is 18.7. The number of nitrogens with one attached hydrogen (secondary N) is 1. The number of nitrogens with zero attached hydrogens (tertiary/aromatic N) is 5. The Balaban J connectivity index is 1.69. The van der Waals surface area contributed by atoms with E-state index in [0.29, 0.717) is 31.1 Å². The molecule has 0 amide bonds. The fourth-order valence-electron chi connectivity index (χ4n) is 3.72. The number of aromatic nitrogens is 3. The van der Waals surface area contributed by atoms with Gasteiger partial charge in [-0.05, 0) is 30.7 Å². The normalized spacial score (nSPS) is 13.7. The highest BCUT2D eigenvalue weighted by Crippen LogP contribution is 2.33. The summed E-state index contributed by atoms with van der Waals surface area (Å²) in [5, 5.41) is 3.43. The second kappa shape index (κ2) is 11.4. The summed E-state index contributed by atoms with van der Waals surface area (Å²) in [7, 11) is 0. The van der Waals surface area contributed by atoms with E-state index in [1.165, 1.54) is 19.3 Å². The third-order valence-corrected chi connectivity index (χ3v) is 5.45. The monoisotopic (exact) mass is 432 g/mol. The van der Waals surface area contributed by atoms with Crippen molar-refractivity contribution in [3.63, 3.8) is 0 Å². The molecule has 1 aliphatic rings. The Kier molecular flexibility index (Phi) is 7.87. The van der Waals surface area contributed by atoms with E-state index in [0.717, 1.165) is 37.4 Å². The summed E-state index contributed by atoms with van der Waals surface area (Å²) in [6.45, 7) is 5.99. The molecule has 1 fully saturated rings. The van der Waals surface area contributed by atoms with Gasteiger partial charge in [-0.15, -0.1) is 0 Å². The summed E-state index contributed by atoms with van der Waals surface area (Å²) >= 11 is 0. The van der Waals surface area contributed by atoms with Crippen LogP contribution >= 0.6 is 0 Å². The lowest BCUT2D eigenvalue weighted by molar-refractivity contribution is 0.122. The predicted octanol–water partition coefficient (Wildman–Crippen LogP) is 5.17. The van der Waals surface area contributed by atoms with Gasteiger partial charge in [-0.25, -0.2) is 0 Å². The van der Waals surface area contributed by atoms with Crippen molar-refractivity contribution in [2.24, 2.45) is 0 Å². The van der Waals surface area contributed by atoms with E-state index in [4.69, 9.17) is 19.7 Å².